The van der Waals surface area contributed by atoms with Crippen LogP contribution in [0.3, 0.4) is 0 Å². The van der Waals surface area contributed by atoms with Gasteiger partial charge in [-0.05, 0) is 31.2 Å². The molecular weight excluding hydrogens is 217 g/mol. The van der Waals surface area contributed by atoms with E-state index in [1.807, 2.05) is 0 Å². The van der Waals surface area contributed by atoms with Crippen molar-refractivity contribution in [3.8, 4) is 5.75 Å². The topological polar surface area (TPSA) is 35.2 Å². The molecule has 92 valence electrons. The van der Waals surface area contributed by atoms with Gasteiger partial charge in [-0.2, -0.15) is 0 Å². The van der Waals surface area contributed by atoms with E-state index in [1.54, 1.807) is 6.07 Å². The molecule has 1 fully saturated rings. The average molecular weight is 235 g/mol. The summed E-state index contributed by atoms with van der Waals surface area (Å²) in [5.74, 6) is 1.01. The van der Waals surface area contributed by atoms with Crippen molar-refractivity contribution in [3.05, 3.63) is 29.6 Å². The molecule has 1 unspecified atom stereocenters. The van der Waals surface area contributed by atoms with E-state index in [9.17, 15) is 4.39 Å². The van der Waals surface area contributed by atoms with Crippen LogP contribution < -0.4 is 10.5 Å². The zero-order valence-electron chi connectivity index (χ0n) is 10.1. The lowest BCUT2D eigenvalue weighted by atomic mass is 9.82. The van der Waals surface area contributed by atoms with Gasteiger partial charge in [-0.1, -0.05) is 13.0 Å². The van der Waals surface area contributed by atoms with Crippen LogP contribution in [0.15, 0.2) is 18.2 Å². The van der Waals surface area contributed by atoms with Crippen LogP contribution in [0.4, 0.5) is 4.39 Å². The Morgan fingerprint density at radius 2 is 2.24 bits per heavy atom. The first-order valence-electron chi connectivity index (χ1n) is 6.38. The Hall–Kier alpha value is -1.09. The summed E-state index contributed by atoms with van der Waals surface area (Å²) in [6.07, 6.45) is 4.23. The normalized spacial score (nSPS) is 31.8. The fourth-order valence-electron chi connectivity index (χ4n) is 3.01. The van der Waals surface area contributed by atoms with Crippen LogP contribution in [-0.4, -0.2) is 5.60 Å². The van der Waals surface area contributed by atoms with Crippen molar-refractivity contribution >= 4 is 0 Å². The van der Waals surface area contributed by atoms with Crippen molar-refractivity contribution in [2.24, 2.45) is 11.7 Å². The summed E-state index contributed by atoms with van der Waals surface area (Å²) < 4.78 is 19.4. The maximum atomic E-state index is 13.3. The molecule has 0 saturated heterocycles. The third-order valence-corrected chi connectivity index (χ3v) is 4.17. The average Bonchev–Trinajstić information content (AvgIpc) is 3.12. The highest BCUT2D eigenvalue weighted by Gasteiger charge is 2.49. The van der Waals surface area contributed by atoms with Crippen LogP contribution >= 0.6 is 0 Å². The SMILES string of the molecule is CCC1(C2CC2)C[C@H](N)c2ccc(F)cc2O1. The number of hydrogen-bond acceptors (Lipinski definition) is 2. The number of ether oxygens (including phenoxy) is 1. The predicted molar refractivity (Wildman–Crippen MR) is 64.3 cm³/mol. The zero-order chi connectivity index (χ0) is 12.0. The predicted octanol–water partition coefficient (Wildman–Crippen LogP) is 3.17. The second kappa shape index (κ2) is 3.70. The third kappa shape index (κ3) is 1.73. The number of fused-ring (bicyclic) bond motifs is 1. The van der Waals surface area contributed by atoms with E-state index in [2.05, 4.69) is 6.92 Å². The largest absolute Gasteiger partial charge is 0.486 e. The molecule has 1 aromatic rings. The van der Waals surface area contributed by atoms with Crippen LogP contribution in [0.25, 0.3) is 0 Å². The molecule has 0 bridgehead atoms. The van der Waals surface area contributed by atoms with Gasteiger partial charge in [0.25, 0.3) is 0 Å². The number of halogens is 1. The second-order valence-electron chi connectivity index (χ2n) is 5.29. The van der Waals surface area contributed by atoms with E-state index in [-0.39, 0.29) is 17.5 Å². The van der Waals surface area contributed by atoms with Gasteiger partial charge >= 0.3 is 0 Å². The molecule has 3 heteroatoms. The van der Waals surface area contributed by atoms with Crippen molar-refractivity contribution < 1.29 is 9.13 Å². The molecule has 2 N–H and O–H groups in total. The summed E-state index contributed by atoms with van der Waals surface area (Å²) in [6.45, 7) is 2.13. The summed E-state index contributed by atoms with van der Waals surface area (Å²) >= 11 is 0. The molecule has 0 radical (unpaired) electrons. The minimum Gasteiger partial charge on any atom is -0.486 e. The molecule has 1 aliphatic carbocycles. The Morgan fingerprint density at radius 1 is 1.47 bits per heavy atom. The highest BCUT2D eigenvalue weighted by molar-refractivity contribution is 5.39. The van der Waals surface area contributed by atoms with Crippen LogP contribution in [-0.2, 0) is 0 Å². The molecule has 2 atom stereocenters. The molecule has 1 saturated carbocycles. The van der Waals surface area contributed by atoms with Gasteiger partial charge in [0.15, 0.2) is 0 Å². The smallest absolute Gasteiger partial charge is 0.127 e. The van der Waals surface area contributed by atoms with Crippen molar-refractivity contribution in [3.63, 3.8) is 0 Å². The number of benzene rings is 1. The highest BCUT2D eigenvalue weighted by Crippen LogP contribution is 2.51. The lowest BCUT2D eigenvalue weighted by molar-refractivity contribution is 0.0104. The van der Waals surface area contributed by atoms with Gasteiger partial charge in [-0.25, -0.2) is 4.39 Å². The monoisotopic (exact) mass is 235 g/mol. The molecule has 3 rings (SSSR count). The van der Waals surface area contributed by atoms with E-state index in [0.29, 0.717) is 11.7 Å². The van der Waals surface area contributed by atoms with Gasteiger partial charge < -0.3 is 10.5 Å². The van der Waals surface area contributed by atoms with Crippen molar-refractivity contribution in [2.45, 2.75) is 44.2 Å². The first-order chi connectivity index (χ1) is 8.14. The molecule has 2 nitrogen and oxygen atoms in total. The molecule has 0 amide bonds. The van der Waals surface area contributed by atoms with E-state index < -0.39 is 0 Å². The Kier molecular flexibility index (Phi) is 2.40. The fraction of sp³-hybridized carbons (Fsp3) is 0.571. The summed E-state index contributed by atoms with van der Waals surface area (Å²) in [4.78, 5) is 0. The van der Waals surface area contributed by atoms with Gasteiger partial charge in [0.2, 0.25) is 0 Å². The lowest BCUT2D eigenvalue weighted by Crippen LogP contribution is -2.44. The minimum atomic E-state index is -0.251. The van der Waals surface area contributed by atoms with E-state index in [4.69, 9.17) is 10.5 Å². The quantitative estimate of drug-likeness (QED) is 0.854. The minimum absolute atomic E-state index is 0.0279. The third-order valence-electron chi connectivity index (χ3n) is 4.17. The summed E-state index contributed by atoms with van der Waals surface area (Å²) in [5, 5.41) is 0. The second-order valence-corrected chi connectivity index (χ2v) is 5.29. The standard InChI is InChI=1S/C14H18FNO/c1-2-14(9-3-4-9)8-12(16)11-6-5-10(15)7-13(11)17-14/h5-7,9,12H,2-4,8,16H2,1H3/t12-,14?/m0/s1. The molecule has 17 heavy (non-hydrogen) atoms. The number of nitrogens with two attached hydrogens (primary N) is 1. The Bertz CT molecular complexity index is 444. The fourth-order valence-corrected chi connectivity index (χ4v) is 3.01. The Balaban J connectivity index is 2.00. The summed E-state index contributed by atoms with van der Waals surface area (Å²) in [7, 11) is 0. The molecule has 1 aliphatic heterocycles. The van der Waals surface area contributed by atoms with Gasteiger partial charge in [-0.3, -0.25) is 0 Å². The lowest BCUT2D eigenvalue weighted by Gasteiger charge is -2.41. The van der Waals surface area contributed by atoms with Crippen molar-refractivity contribution in [2.75, 3.05) is 0 Å². The van der Waals surface area contributed by atoms with Gasteiger partial charge in [0.1, 0.15) is 17.2 Å². The Labute approximate surface area is 101 Å². The van der Waals surface area contributed by atoms with E-state index in [0.717, 1.165) is 18.4 Å². The van der Waals surface area contributed by atoms with Gasteiger partial charge in [-0.15, -0.1) is 0 Å². The number of rotatable bonds is 2. The summed E-state index contributed by atoms with van der Waals surface area (Å²) in [6, 6.07) is 4.65. The maximum absolute atomic E-state index is 13.3. The first kappa shape index (κ1) is 11.0. The summed E-state index contributed by atoms with van der Waals surface area (Å²) in [5.41, 5.74) is 7.00. The van der Waals surface area contributed by atoms with Gasteiger partial charge in [0, 0.05) is 24.1 Å². The first-order valence-corrected chi connectivity index (χ1v) is 6.38. The van der Waals surface area contributed by atoms with E-state index in [1.165, 1.54) is 25.0 Å². The zero-order valence-corrected chi connectivity index (χ0v) is 10.1. The van der Waals surface area contributed by atoms with Crippen LogP contribution in [0.1, 0.15) is 44.2 Å². The van der Waals surface area contributed by atoms with Crippen molar-refractivity contribution in [1.29, 1.82) is 0 Å². The van der Waals surface area contributed by atoms with Crippen molar-refractivity contribution in [1.82, 2.24) is 0 Å². The molecular formula is C14H18FNO. The molecule has 0 spiro atoms. The van der Waals surface area contributed by atoms with Crippen LogP contribution in [0.2, 0.25) is 0 Å². The molecule has 1 aromatic carbocycles. The van der Waals surface area contributed by atoms with E-state index >= 15 is 0 Å². The van der Waals surface area contributed by atoms with Crippen LogP contribution in [0.5, 0.6) is 5.75 Å². The van der Waals surface area contributed by atoms with Crippen LogP contribution in [0, 0.1) is 11.7 Å². The molecule has 2 aliphatic rings. The van der Waals surface area contributed by atoms with Gasteiger partial charge in [0.05, 0.1) is 0 Å². The highest BCUT2D eigenvalue weighted by atomic mass is 19.1. The number of hydrogen-bond donors (Lipinski definition) is 1. The maximum Gasteiger partial charge on any atom is 0.127 e. The molecule has 1 heterocycles. The Morgan fingerprint density at radius 3 is 2.88 bits per heavy atom. The molecule has 0 aromatic heterocycles.